The molecule has 0 bridgehead atoms. The van der Waals surface area contributed by atoms with Gasteiger partial charge < -0.3 is 14.6 Å². The summed E-state index contributed by atoms with van der Waals surface area (Å²) in [6.45, 7) is 1.19. The Kier molecular flexibility index (Phi) is 3.35. The number of aromatic nitrogens is 2. The van der Waals surface area contributed by atoms with E-state index in [0.717, 1.165) is 12.0 Å². The minimum Gasteiger partial charge on any atom is -0.490 e. The van der Waals surface area contributed by atoms with Crippen LogP contribution in [0.5, 0.6) is 11.5 Å². The fourth-order valence-electron chi connectivity index (χ4n) is 1.97. The van der Waals surface area contributed by atoms with Crippen LogP contribution in [0.25, 0.3) is 11.3 Å². The number of carboxylic acids is 1. The lowest BCUT2D eigenvalue weighted by molar-refractivity contribution is 0.0690. The summed E-state index contributed by atoms with van der Waals surface area (Å²) < 4.78 is 12.0. The van der Waals surface area contributed by atoms with E-state index in [-0.39, 0.29) is 5.69 Å². The summed E-state index contributed by atoms with van der Waals surface area (Å²) in [7, 11) is 0. The van der Waals surface area contributed by atoms with Gasteiger partial charge in [0.2, 0.25) is 0 Å². The molecule has 0 spiro atoms. The molecule has 0 saturated carbocycles. The van der Waals surface area contributed by atoms with Gasteiger partial charge in [0.25, 0.3) is 0 Å². The van der Waals surface area contributed by atoms with E-state index in [1.807, 2.05) is 6.07 Å². The summed E-state index contributed by atoms with van der Waals surface area (Å²) in [6.07, 6.45) is 0.821. The van der Waals surface area contributed by atoms with Crippen LogP contribution in [0.1, 0.15) is 16.9 Å². The zero-order valence-corrected chi connectivity index (χ0v) is 11.9. The van der Waals surface area contributed by atoms with Crippen LogP contribution >= 0.6 is 15.9 Å². The summed E-state index contributed by atoms with van der Waals surface area (Å²) in [5.74, 6) is 0.251. The normalized spacial score (nSPS) is 13.8. The van der Waals surface area contributed by atoms with Gasteiger partial charge in [0, 0.05) is 12.0 Å². The van der Waals surface area contributed by atoms with Crippen molar-refractivity contribution in [1.29, 1.82) is 0 Å². The number of carbonyl (C=O) groups is 1. The second-order valence-corrected chi connectivity index (χ2v) is 5.07. The van der Waals surface area contributed by atoms with Crippen molar-refractivity contribution in [3.05, 3.63) is 28.4 Å². The predicted octanol–water partition coefficient (Wildman–Crippen LogP) is 2.70. The highest BCUT2D eigenvalue weighted by Gasteiger charge is 2.19. The standard InChI is InChI=1S/C13H11BrN2O4/c14-11-7(8-6-9(13(17)18)16-15-8)2-3-10-12(11)20-5-1-4-19-10/h2-3,6H,1,4-5H2,(H,15,16)(H,17,18). The number of fused-ring (bicyclic) bond motifs is 1. The van der Waals surface area contributed by atoms with Crippen molar-refractivity contribution in [3.63, 3.8) is 0 Å². The van der Waals surface area contributed by atoms with Crippen molar-refractivity contribution >= 4 is 21.9 Å². The number of rotatable bonds is 2. The van der Waals surface area contributed by atoms with Crippen LogP contribution in [0, 0.1) is 0 Å². The molecule has 0 radical (unpaired) electrons. The molecule has 6 nitrogen and oxygen atoms in total. The first-order valence-electron chi connectivity index (χ1n) is 6.04. The summed E-state index contributed by atoms with van der Waals surface area (Å²) in [6, 6.07) is 5.10. The smallest absolute Gasteiger partial charge is 0.353 e. The first-order chi connectivity index (χ1) is 9.66. The van der Waals surface area contributed by atoms with E-state index in [2.05, 4.69) is 26.1 Å². The monoisotopic (exact) mass is 338 g/mol. The molecule has 0 atom stereocenters. The SMILES string of the molecule is O=C(O)c1cc(-c2ccc3c(c2Br)OCCCO3)n[nH]1. The number of benzene rings is 1. The average Bonchev–Trinajstić information content (AvgIpc) is 2.78. The minimum absolute atomic E-state index is 0.0408. The number of hydrogen-bond donors (Lipinski definition) is 2. The van der Waals surface area contributed by atoms with E-state index >= 15 is 0 Å². The average molecular weight is 339 g/mol. The quantitative estimate of drug-likeness (QED) is 0.879. The van der Waals surface area contributed by atoms with Crippen molar-refractivity contribution in [3.8, 4) is 22.8 Å². The van der Waals surface area contributed by atoms with Crippen LogP contribution in [0.2, 0.25) is 0 Å². The van der Waals surface area contributed by atoms with E-state index in [4.69, 9.17) is 14.6 Å². The van der Waals surface area contributed by atoms with Crippen molar-refractivity contribution in [2.75, 3.05) is 13.2 Å². The van der Waals surface area contributed by atoms with Gasteiger partial charge in [-0.25, -0.2) is 4.79 Å². The molecule has 2 aromatic rings. The van der Waals surface area contributed by atoms with Gasteiger partial charge in [-0.05, 0) is 34.1 Å². The van der Waals surface area contributed by atoms with Crippen molar-refractivity contribution in [2.24, 2.45) is 0 Å². The summed E-state index contributed by atoms with van der Waals surface area (Å²) >= 11 is 3.48. The number of aromatic carboxylic acids is 1. The Bertz CT molecular complexity index is 668. The predicted molar refractivity (Wildman–Crippen MR) is 74.3 cm³/mol. The van der Waals surface area contributed by atoms with Gasteiger partial charge in [0.05, 0.1) is 23.4 Å². The molecule has 0 fully saturated rings. The Balaban J connectivity index is 2.05. The molecular formula is C13H11BrN2O4. The molecule has 1 aromatic heterocycles. The fourth-order valence-corrected chi connectivity index (χ4v) is 2.61. The van der Waals surface area contributed by atoms with Gasteiger partial charge in [-0.3, -0.25) is 5.10 Å². The van der Waals surface area contributed by atoms with Crippen molar-refractivity contribution in [2.45, 2.75) is 6.42 Å². The molecular weight excluding hydrogens is 328 g/mol. The molecule has 1 aromatic carbocycles. The number of halogens is 1. The maximum Gasteiger partial charge on any atom is 0.353 e. The Hall–Kier alpha value is -2.02. The highest BCUT2D eigenvalue weighted by molar-refractivity contribution is 9.10. The molecule has 0 amide bonds. The summed E-state index contributed by atoms with van der Waals surface area (Å²) in [5, 5.41) is 15.4. The molecule has 2 N–H and O–H groups in total. The van der Waals surface area contributed by atoms with E-state index in [1.165, 1.54) is 6.07 Å². The molecule has 2 heterocycles. The zero-order chi connectivity index (χ0) is 14.1. The van der Waals surface area contributed by atoms with E-state index in [0.29, 0.717) is 34.9 Å². The zero-order valence-electron chi connectivity index (χ0n) is 10.4. The van der Waals surface area contributed by atoms with Crippen LogP contribution in [0.4, 0.5) is 0 Å². The first-order valence-corrected chi connectivity index (χ1v) is 6.83. The highest BCUT2D eigenvalue weighted by atomic mass is 79.9. The van der Waals surface area contributed by atoms with Crippen LogP contribution in [0.15, 0.2) is 22.7 Å². The Morgan fingerprint density at radius 2 is 2.15 bits per heavy atom. The number of nitrogens with zero attached hydrogens (tertiary/aromatic N) is 1. The van der Waals surface area contributed by atoms with Gasteiger partial charge in [-0.2, -0.15) is 5.10 Å². The maximum atomic E-state index is 10.9. The molecule has 7 heteroatoms. The first kappa shape index (κ1) is 13.0. The third kappa shape index (κ3) is 2.24. The second kappa shape index (κ2) is 5.16. The third-order valence-corrected chi connectivity index (χ3v) is 3.73. The van der Waals surface area contributed by atoms with E-state index in [9.17, 15) is 4.79 Å². The lowest BCUT2D eigenvalue weighted by atomic mass is 10.1. The van der Waals surface area contributed by atoms with E-state index < -0.39 is 5.97 Å². The third-order valence-electron chi connectivity index (χ3n) is 2.94. The molecule has 1 aliphatic rings. The largest absolute Gasteiger partial charge is 0.490 e. The summed E-state index contributed by atoms with van der Waals surface area (Å²) in [4.78, 5) is 10.9. The Morgan fingerprint density at radius 1 is 1.35 bits per heavy atom. The van der Waals surface area contributed by atoms with Gasteiger partial charge in [-0.1, -0.05) is 0 Å². The van der Waals surface area contributed by atoms with Gasteiger partial charge in [0.1, 0.15) is 5.69 Å². The molecule has 0 unspecified atom stereocenters. The topological polar surface area (TPSA) is 84.4 Å². The maximum absolute atomic E-state index is 10.9. The van der Waals surface area contributed by atoms with Crippen LogP contribution in [0.3, 0.4) is 0 Å². The molecule has 3 rings (SSSR count). The number of carboxylic acid groups (broad SMARTS) is 1. The molecule has 0 aliphatic carbocycles. The number of ether oxygens (including phenoxy) is 2. The molecule has 20 heavy (non-hydrogen) atoms. The number of aromatic amines is 1. The fraction of sp³-hybridized carbons (Fsp3) is 0.231. The number of nitrogens with one attached hydrogen (secondary N) is 1. The van der Waals surface area contributed by atoms with Crippen LogP contribution in [-0.4, -0.2) is 34.5 Å². The Morgan fingerprint density at radius 3 is 2.90 bits per heavy atom. The van der Waals surface area contributed by atoms with Crippen LogP contribution < -0.4 is 9.47 Å². The van der Waals surface area contributed by atoms with E-state index in [1.54, 1.807) is 6.07 Å². The summed E-state index contributed by atoms with van der Waals surface area (Å²) in [5.41, 5.74) is 1.32. The Labute approximate surface area is 122 Å². The van der Waals surface area contributed by atoms with Crippen molar-refractivity contribution < 1.29 is 19.4 Å². The van der Waals surface area contributed by atoms with Gasteiger partial charge >= 0.3 is 5.97 Å². The van der Waals surface area contributed by atoms with Gasteiger partial charge in [0.15, 0.2) is 11.5 Å². The lowest BCUT2D eigenvalue weighted by Gasteiger charge is -2.11. The minimum atomic E-state index is -1.05. The number of hydrogen-bond acceptors (Lipinski definition) is 4. The molecule has 104 valence electrons. The molecule has 0 saturated heterocycles. The van der Waals surface area contributed by atoms with Crippen LogP contribution in [-0.2, 0) is 0 Å². The highest BCUT2D eigenvalue weighted by Crippen LogP contribution is 2.42. The molecule has 1 aliphatic heterocycles. The van der Waals surface area contributed by atoms with Gasteiger partial charge in [-0.15, -0.1) is 0 Å². The van der Waals surface area contributed by atoms with Crippen molar-refractivity contribution in [1.82, 2.24) is 10.2 Å². The second-order valence-electron chi connectivity index (χ2n) is 4.28. The lowest BCUT2D eigenvalue weighted by Crippen LogP contribution is -1.97. The number of H-pyrrole nitrogens is 1.